The van der Waals surface area contributed by atoms with Gasteiger partial charge >= 0.3 is 29.9 Å². The van der Waals surface area contributed by atoms with Crippen molar-refractivity contribution in [3.8, 4) is 22.6 Å². The van der Waals surface area contributed by atoms with Crippen LogP contribution in [-0.4, -0.2) is 135 Å². The molecule has 0 amide bonds. The van der Waals surface area contributed by atoms with Gasteiger partial charge in [0.2, 0.25) is 5.60 Å². The number of carboxylic acids is 1. The van der Waals surface area contributed by atoms with Gasteiger partial charge in [0.25, 0.3) is 17.4 Å². The predicted molar refractivity (Wildman–Crippen MR) is 175 cm³/mol. The zero-order valence-corrected chi connectivity index (χ0v) is 28.7. The molecule has 0 spiro atoms. The normalized spacial score (nSPS) is 24.8. The van der Waals surface area contributed by atoms with E-state index in [0.717, 1.165) is 30.3 Å². The first-order chi connectivity index (χ1) is 26.0. The van der Waals surface area contributed by atoms with Crippen molar-refractivity contribution in [2.24, 2.45) is 0 Å². The molecule has 1 aliphatic carbocycles. The van der Waals surface area contributed by atoms with Crippen molar-refractivity contribution in [1.29, 1.82) is 5.41 Å². The van der Waals surface area contributed by atoms with Crippen molar-refractivity contribution in [3.05, 3.63) is 77.0 Å². The van der Waals surface area contributed by atoms with Gasteiger partial charge in [-0.25, -0.2) is 13.6 Å². The van der Waals surface area contributed by atoms with Gasteiger partial charge < -0.3 is 97.0 Å². The number of nitrogens with two attached hydrogens (primary N) is 1. The Morgan fingerprint density at radius 1 is 0.842 bits per heavy atom. The van der Waals surface area contributed by atoms with E-state index in [1.165, 1.54) is 0 Å². The molecule has 6 rings (SSSR count). The number of hydrogen-bond donors (Lipinski definition) is 17. The lowest BCUT2D eigenvalue weighted by Gasteiger charge is -2.69. The number of ether oxygens (including phenoxy) is 2. The second kappa shape index (κ2) is 13.3. The maximum atomic E-state index is 16.7. The molecule has 1 saturated carbocycles. The molecular weight excluding hydrogens is 784 g/mol. The van der Waals surface area contributed by atoms with Crippen LogP contribution < -0.4 is 10.5 Å². The van der Waals surface area contributed by atoms with Gasteiger partial charge in [-0.2, -0.15) is 9.78 Å². The number of halogens is 2. The Morgan fingerprint density at radius 3 is 1.89 bits per heavy atom. The largest absolute Gasteiger partial charge is 0.478 e. The maximum absolute atomic E-state index is 16.7. The highest BCUT2D eigenvalue weighted by molar-refractivity contribution is 6.05. The Morgan fingerprint density at radius 2 is 1.42 bits per heavy atom. The molecular formula is C32H33F2N3O20. The first-order valence-corrected chi connectivity index (χ1v) is 15.8. The summed E-state index contributed by atoms with van der Waals surface area (Å²) in [6, 6.07) is 5.61. The van der Waals surface area contributed by atoms with Crippen LogP contribution in [-0.2, 0) is 20.1 Å². The van der Waals surface area contributed by atoms with Gasteiger partial charge in [0, 0.05) is 34.5 Å². The third-order valence-corrected chi connectivity index (χ3v) is 9.04. The van der Waals surface area contributed by atoms with E-state index in [1.807, 2.05) is 13.8 Å². The number of fused-ring (bicyclic) bond motifs is 2. The molecule has 3 atom stereocenters. The van der Waals surface area contributed by atoms with E-state index in [0.29, 0.717) is 29.0 Å². The van der Waals surface area contributed by atoms with Gasteiger partial charge in [-0.3, -0.25) is 4.74 Å². The van der Waals surface area contributed by atoms with Crippen LogP contribution in [0.15, 0.2) is 48.5 Å². The Labute approximate surface area is 314 Å². The first-order valence-electron chi connectivity index (χ1n) is 15.8. The van der Waals surface area contributed by atoms with E-state index in [1.54, 1.807) is 0 Å². The van der Waals surface area contributed by atoms with Gasteiger partial charge in [-0.1, -0.05) is 26.0 Å². The van der Waals surface area contributed by atoms with Crippen LogP contribution >= 0.6 is 0 Å². The number of rotatable bonds is 9. The predicted octanol–water partition coefficient (Wildman–Crippen LogP) is -3.96. The Balaban J connectivity index is 0.00000305. The fourth-order valence-corrected chi connectivity index (χ4v) is 6.51. The standard InChI is InChI=1S/C30H27F2N3O20.C2H6/c31-14-6-5-13(8-16(14)52-29(46,47)48)35-15-7-12(9-33)20(34)19(32)18(15)17(10-1-3-11(4-2-10)22(36)37)21(35)23(38)24(39,40)25(41,42)26(43,44)27(45)28(23,55-54-27)53-30(49,50)51;1-2/h1-9,33,38-51H,34H2,(H,36,37);1-2H3. The summed E-state index contributed by atoms with van der Waals surface area (Å²) in [5.74, 6) is -30.7. The van der Waals surface area contributed by atoms with Crippen molar-refractivity contribution >= 4 is 28.8 Å². The van der Waals surface area contributed by atoms with Crippen LogP contribution in [0.5, 0.6) is 5.75 Å². The minimum absolute atomic E-state index is 0.311. The number of carbonyl (C=O) groups is 1. The molecule has 18 N–H and O–H groups in total. The highest BCUT2D eigenvalue weighted by Gasteiger charge is 3.00. The summed E-state index contributed by atoms with van der Waals surface area (Å²) in [6.07, 6.45) is -8.49. The van der Waals surface area contributed by atoms with Crippen LogP contribution in [0.3, 0.4) is 0 Å². The second-order valence-electron chi connectivity index (χ2n) is 12.3. The SMILES string of the molecule is CC.N=Cc1cc2c(c(F)c1N)c(-c1ccc(C(=O)O)cc1)c(C1(O)C(O)(O)C(O)(O)C(O)(O)C3(O)OOC31OC(O)(O)O)n2-c1ccc(F)c(OC(O)(O)O)c1. The highest BCUT2D eigenvalue weighted by Crippen LogP contribution is 2.68. The minimum atomic E-state index is -5.26. The molecule has 3 unspecified atom stereocenters. The van der Waals surface area contributed by atoms with Crippen molar-refractivity contribution in [2.45, 2.75) is 60.7 Å². The lowest BCUT2D eigenvalue weighted by atomic mass is 9.61. The number of anilines is 1. The quantitative estimate of drug-likeness (QED) is 0.0331. The third-order valence-electron chi connectivity index (χ3n) is 9.04. The van der Waals surface area contributed by atoms with Crippen LogP contribution in [0.4, 0.5) is 14.5 Å². The van der Waals surface area contributed by atoms with Gasteiger partial charge in [0.15, 0.2) is 17.4 Å². The number of aliphatic hydroxyl groups is 14. The smallest absolute Gasteiger partial charge is 0.453 e. The minimum Gasteiger partial charge on any atom is -0.478 e. The molecule has 1 saturated heterocycles. The third kappa shape index (κ3) is 5.78. The molecule has 2 heterocycles. The molecule has 1 aromatic heterocycles. The lowest BCUT2D eigenvalue weighted by Crippen LogP contribution is -2.99. The summed E-state index contributed by atoms with van der Waals surface area (Å²) in [7, 11) is 0. The maximum Gasteiger partial charge on any atom is 0.453 e. The summed E-state index contributed by atoms with van der Waals surface area (Å²) in [6.45, 7) is 4.00. The number of aromatic carboxylic acids is 1. The average molecular weight is 818 g/mol. The zero-order valence-electron chi connectivity index (χ0n) is 28.7. The fourth-order valence-electron chi connectivity index (χ4n) is 6.51. The molecule has 2 aliphatic rings. The Kier molecular flexibility index (Phi) is 10.1. The molecule has 25 heteroatoms. The van der Waals surface area contributed by atoms with Crippen LogP contribution in [0.25, 0.3) is 27.7 Å². The number of nitrogens with zero attached hydrogens (tertiary/aromatic N) is 1. The summed E-state index contributed by atoms with van der Waals surface area (Å²) >= 11 is 0. The summed E-state index contributed by atoms with van der Waals surface area (Å²) < 4.78 is 40.8. The fraction of sp³-hybridized carbons (Fsp3) is 0.312. The van der Waals surface area contributed by atoms with Gasteiger partial charge in [-0.15, -0.1) is 0 Å². The number of aromatic nitrogens is 1. The molecule has 310 valence electrons. The topological polar surface area (TPSA) is 412 Å². The number of hydrogen-bond acceptors (Lipinski definition) is 21. The second-order valence-corrected chi connectivity index (χ2v) is 12.3. The molecule has 0 bridgehead atoms. The molecule has 3 aromatic carbocycles. The van der Waals surface area contributed by atoms with Crippen molar-refractivity contribution in [3.63, 3.8) is 0 Å². The zero-order chi connectivity index (χ0) is 43.3. The number of benzene rings is 3. The number of nitrogens with one attached hydrogen (secondary N) is 1. The van der Waals surface area contributed by atoms with Crippen LogP contribution in [0, 0.1) is 17.0 Å². The highest BCUT2D eigenvalue weighted by atomic mass is 19.1. The molecule has 57 heavy (non-hydrogen) atoms. The lowest BCUT2D eigenvalue weighted by molar-refractivity contribution is -0.776. The average Bonchev–Trinajstić information content (AvgIpc) is 3.46. The van der Waals surface area contributed by atoms with Crippen LogP contribution in [0.1, 0.15) is 35.5 Å². The van der Waals surface area contributed by atoms with Crippen molar-refractivity contribution in [2.75, 3.05) is 5.73 Å². The Bertz CT molecular complexity index is 2270. The summed E-state index contributed by atoms with van der Waals surface area (Å²) in [5.41, 5.74) is -5.74. The number of carboxylic acid groups (broad SMARTS) is 1. The van der Waals surface area contributed by atoms with E-state index in [9.17, 15) is 85.8 Å². The van der Waals surface area contributed by atoms with E-state index in [-0.39, 0.29) is 0 Å². The molecule has 0 radical (unpaired) electrons. The Hall–Kier alpha value is -4.88. The van der Waals surface area contributed by atoms with E-state index in [2.05, 4.69) is 19.2 Å². The summed E-state index contributed by atoms with van der Waals surface area (Å²) in [5, 5.41) is 166. The van der Waals surface area contributed by atoms with E-state index < -0.39 is 120 Å². The first kappa shape index (κ1) is 43.2. The monoisotopic (exact) mass is 817 g/mol. The van der Waals surface area contributed by atoms with Crippen LogP contribution in [0.2, 0.25) is 0 Å². The summed E-state index contributed by atoms with van der Waals surface area (Å²) in [4.78, 5) is 20.5. The van der Waals surface area contributed by atoms with E-state index >= 15 is 4.39 Å². The van der Waals surface area contributed by atoms with Crippen molar-refractivity contribution in [1.82, 2.24) is 4.57 Å². The number of nitrogen functional groups attached to an aromatic ring is 1. The molecule has 2 fully saturated rings. The molecule has 23 nitrogen and oxygen atoms in total. The molecule has 4 aromatic rings. The van der Waals surface area contributed by atoms with E-state index in [4.69, 9.17) is 11.1 Å². The molecule has 1 aliphatic heterocycles. The van der Waals surface area contributed by atoms with Gasteiger partial charge in [-0.05, 0) is 35.9 Å². The van der Waals surface area contributed by atoms with Gasteiger partial charge in [0.1, 0.15) is 0 Å². The van der Waals surface area contributed by atoms with Gasteiger partial charge in [0.05, 0.1) is 22.5 Å². The van der Waals surface area contributed by atoms with Crippen molar-refractivity contribution < 1.29 is 109 Å².